The molecule has 1 aliphatic heterocycles. The van der Waals surface area contributed by atoms with Crippen LogP contribution in [0.25, 0.3) is 16.8 Å². The number of H-pyrrole nitrogens is 1. The molecule has 11 heteroatoms. The number of carbonyl (C=O) groups excluding carboxylic acids is 1. The molecule has 1 amide bonds. The van der Waals surface area contributed by atoms with Crippen LogP contribution in [0.2, 0.25) is 0 Å². The van der Waals surface area contributed by atoms with E-state index in [4.69, 9.17) is 0 Å². The number of amides is 1. The van der Waals surface area contributed by atoms with Gasteiger partial charge < -0.3 is 9.80 Å². The number of nitro groups is 1. The number of nitrogens with zero attached hydrogens (tertiary/aromatic N) is 6. The zero-order valence-electron chi connectivity index (χ0n) is 16.5. The molecule has 0 saturated carbocycles. The fourth-order valence-electron chi connectivity index (χ4n) is 3.76. The quantitative estimate of drug-likeness (QED) is 0.290. The van der Waals surface area contributed by atoms with Crippen LogP contribution in [0.5, 0.6) is 0 Å². The summed E-state index contributed by atoms with van der Waals surface area (Å²) in [4.78, 5) is 31.6. The second-order valence-corrected chi connectivity index (χ2v) is 8.14. The third-order valence-corrected chi connectivity index (χ3v) is 6.31. The van der Waals surface area contributed by atoms with Crippen LogP contribution in [-0.2, 0) is 4.79 Å². The summed E-state index contributed by atoms with van der Waals surface area (Å²) in [5.41, 5.74) is 2.84. The van der Waals surface area contributed by atoms with Gasteiger partial charge in [-0.15, -0.1) is 5.10 Å². The van der Waals surface area contributed by atoms with E-state index in [0.717, 1.165) is 16.7 Å². The van der Waals surface area contributed by atoms with Crippen molar-refractivity contribution in [2.75, 3.05) is 36.8 Å². The Morgan fingerprint density at radius 2 is 1.84 bits per heavy atom. The predicted molar refractivity (Wildman–Crippen MR) is 117 cm³/mol. The minimum atomic E-state index is -0.405. The number of para-hydroxylation sites is 2. The maximum absolute atomic E-state index is 12.7. The Kier molecular flexibility index (Phi) is 4.94. The highest BCUT2D eigenvalue weighted by molar-refractivity contribution is 7.99. The first-order valence-electron chi connectivity index (χ1n) is 9.82. The van der Waals surface area contributed by atoms with Crippen LogP contribution in [0.1, 0.15) is 0 Å². The number of rotatable bonds is 5. The molecule has 0 aliphatic carbocycles. The molecule has 5 rings (SSSR count). The minimum Gasteiger partial charge on any atom is -0.368 e. The molecular formula is C20H19N7O3S. The van der Waals surface area contributed by atoms with Gasteiger partial charge in [-0.2, -0.15) is 0 Å². The average Bonchev–Trinajstić information content (AvgIpc) is 3.37. The number of thioether (sulfide) groups is 1. The molecule has 2 aromatic heterocycles. The van der Waals surface area contributed by atoms with E-state index in [9.17, 15) is 14.9 Å². The number of nitro benzene ring substituents is 1. The monoisotopic (exact) mass is 437 g/mol. The van der Waals surface area contributed by atoms with Gasteiger partial charge in [0, 0.05) is 44.0 Å². The van der Waals surface area contributed by atoms with E-state index in [1.165, 1.54) is 23.9 Å². The van der Waals surface area contributed by atoms with E-state index >= 15 is 0 Å². The van der Waals surface area contributed by atoms with Crippen LogP contribution in [0, 0.1) is 10.1 Å². The lowest BCUT2D eigenvalue weighted by Gasteiger charge is -2.36. The minimum absolute atomic E-state index is 0.0638. The van der Waals surface area contributed by atoms with Crippen molar-refractivity contribution in [3.05, 3.63) is 58.6 Å². The van der Waals surface area contributed by atoms with Crippen molar-refractivity contribution in [3.8, 4) is 0 Å². The van der Waals surface area contributed by atoms with Crippen molar-refractivity contribution in [3.63, 3.8) is 0 Å². The van der Waals surface area contributed by atoms with Gasteiger partial charge in [-0.3, -0.25) is 19.3 Å². The molecule has 10 nitrogen and oxygen atoms in total. The summed E-state index contributed by atoms with van der Waals surface area (Å²) in [6, 6.07) is 14.3. The van der Waals surface area contributed by atoms with Crippen molar-refractivity contribution < 1.29 is 9.72 Å². The number of benzene rings is 2. The molecule has 0 spiro atoms. The Bertz CT molecular complexity index is 1260. The molecule has 0 unspecified atom stereocenters. The number of imidazole rings is 1. The standard InChI is InChI=1S/C20H19N7O3S/c28-18(13-31-20-23-22-19-21-16-3-1-2-4-17(16)26(19)20)25-11-9-24(10-12-25)14-5-7-15(8-6-14)27(29)30/h1-8H,9-13H2,(H,21,22). The van der Waals surface area contributed by atoms with E-state index in [2.05, 4.69) is 20.1 Å². The van der Waals surface area contributed by atoms with Gasteiger partial charge in [0.05, 0.1) is 21.7 Å². The number of aromatic nitrogens is 4. The zero-order valence-corrected chi connectivity index (χ0v) is 17.3. The van der Waals surface area contributed by atoms with Gasteiger partial charge in [-0.25, -0.2) is 10.1 Å². The van der Waals surface area contributed by atoms with Gasteiger partial charge >= 0.3 is 0 Å². The van der Waals surface area contributed by atoms with Crippen LogP contribution in [0.3, 0.4) is 0 Å². The summed E-state index contributed by atoms with van der Waals surface area (Å²) in [6.07, 6.45) is 0. The lowest BCUT2D eigenvalue weighted by atomic mass is 10.2. The van der Waals surface area contributed by atoms with Gasteiger partial charge in [0.1, 0.15) is 0 Å². The van der Waals surface area contributed by atoms with Crippen LogP contribution in [-0.4, -0.2) is 67.2 Å². The van der Waals surface area contributed by atoms with Gasteiger partial charge in [0.2, 0.25) is 11.7 Å². The summed E-state index contributed by atoms with van der Waals surface area (Å²) < 4.78 is 1.93. The Labute approximate surface area is 181 Å². The first kappa shape index (κ1) is 19.4. The molecule has 0 atom stereocenters. The molecule has 2 aromatic carbocycles. The smallest absolute Gasteiger partial charge is 0.269 e. The number of hydrogen-bond donors (Lipinski definition) is 1. The van der Waals surface area contributed by atoms with Gasteiger partial charge in [0.25, 0.3) is 5.69 Å². The number of anilines is 1. The predicted octanol–water partition coefficient (Wildman–Crippen LogP) is 2.56. The first-order chi connectivity index (χ1) is 15.1. The Hall–Kier alpha value is -3.60. The largest absolute Gasteiger partial charge is 0.368 e. The Morgan fingerprint density at radius 3 is 2.58 bits per heavy atom. The zero-order chi connectivity index (χ0) is 21.4. The fourth-order valence-corrected chi connectivity index (χ4v) is 4.62. The van der Waals surface area contributed by atoms with Gasteiger partial charge in [0.15, 0.2) is 5.16 Å². The van der Waals surface area contributed by atoms with E-state index in [-0.39, 0.29) is 11.6 Å². The summed E-state index contributed by atoms with van der Waals surface area (Å²) in [6.45, 7) is 2.60. The molecule has 3 heterocycles. The number of fused-ring (bicyclic) bond motifs is 3. The molecule has 1 fully saturated rings. The molecule has 31 heavy (non-hydrogen) atoms. The second-order valence-electron chi connectivity index (χ2n) is 7.20. The summed E-state index contributed by atoms with van der Waals surface area (Å²) in [5.74, 6) is 1.02. The lowest BCUT2D eigenvalue weighted by Crippen LogP contribution is -2.49. The fraction of sp³-hybridized carbons (Fsp3) is 0.250. The topological polar surface area (TPSA) is 113 Å². The highest BCUT2D eigenvalue weighted by atomic mass is 32.2. The van der Waals surface area contributed by atoms with E-state index in [0.29, 0.717) is 42.9 Å². The third-order valence-electron chi connectivity index (χ3n) is 5.39. The molecular weight excluding hydrogens is 418 g/mol. The van der Waals surface area contributed by atoms with Crippen LogP contribution < -0.4 is 4.90 Å². The molecule has 1 N–H and O–H groups in total. The highest BCUT2D eigenvalue weighted by Crippen LogP contribution is 2.24. The molecule has 158 valence electrons. The Morgan fingerprint density at radius 1 is 1.10 bits per heavy atom. The van der Waals surface area contributed by atoms with Crippen LogP contribution >= 0.6 is 11.8 Å². The van der Waals surface area contributed by atoms with Crippen molar-refractivity contribution in [1.29, 1.82) is 0 Å². The molecule has 0 radical (unpaired) electrons. The number of aromatic amines is 1. The number of hydrogen-bond acceptors (Lipinski definition) is 7. The van der Waals surface area contributed by atoms with Crippen LogP contribution in [0.15, 0.2) is 53.7 Å². The number of non-ortho nitro benzene ring substituents is 1. The Balaban J connectivity index is 1.20. The number of nitrogens with one attached hydrogen (secondary N) is 1. The SMILES string of the molecule is O=C(CSc1n[nH]c2nc3ccccc3n12)N1CCN(c2ccc([N+](=O)[O-])cc2)CC1. The molecule has 1 aliphatic rings. The van der Waals surface area contributed by atoms with Gasteiger partial charge in [-0.1, -0.05) is 23.9 Å². The summed E-state index contributed by atoms with van der Waals surface area (Å²) in [7, 11) is 0. The van der Waals surface area contributed by atoms with Crippen molar-refractivity contribution in [1.82, 2.24) is 24.5 Å². The van der Waals surface area contributed by atoms with E-state index < -0.39 is 4.92 Å². The highest BCUT2D eigenvalue weighted by Gasteiger charge is 2.22. The second kappa shape index (κ2) is 7.91. The number of carbonyl (C=O) groups is 1. The van der Waals surface area contributed by atoms with Crippen molar-refractivity contribution in [2.45, 2.75) is 5.16 Å². The summed E-state index contributed by atoms with van der Waals surface area (Å²) >= 11 is 1.39. The third kappa shape index (κ3) is 3.67. The van der Waals surface area contributed by atoms with Crippen molar-refractivity contribution in [2.24, 2.45) is 0 Å². The molecule has 0 bridgehead atoms. The van der Waals surface area contributed by atoms with E-state index in [1.54, 1.807) is 12.1 Å². The normalized spacial score (nSPS) is 14.5. The maximum atomic E-state index is 12.7. The van der Waals surface area contributed by atoms with E-state index in [1.807, 2.05) is 33.6 Å². The lowest BCUT2D eigenvalue weighted by molar-refractivity contribution is -0.384. The summed E-state index contributed by atoms with van der Waals surface area (Å²) in [5, 5.41) is 18.7. The first-order valence-corrected chi connectivity index (χ1v) is 10.8. The van der Waals surface area contributed by atoms with Crippen LogP contribution in [0.4, 0.5) is 11.4 Å². The maximum Gasteiger partial charge on any atom is 0.269 e. The van der Waals surface area contributed by atoms with Crippen molar-refractivity contribution >= 4 is 45.9 Å². The average molecular weight is 437 g/mol. The molecule has 4 aromatic rings. The van der Waals surface area contributed by atoms with Gasteiger partial charge in [-0.05, 0) is 24.3 Å². The number of piperazine rings is 1. The molecule has 1 saturated heterocycles.